The van der Waals surface area contributed by atoms with Crippen molar-refractivity contribution in [2.24, 2.45) is 0 Å². The first-order chi connectivity index (χ1) is 9.43. The lowest BCUT2D eigenvalue weighted by Crippen LogP contribution is -2.16. The average Bonchev–Trinajstić information content (AvgIpc) is 2.83. The van der Waals surface area contributed by atoms with Gasteiger partial charge in [0.2, 0.25) is 5.76 Å². The Kier molecular flexibility index (Phi) is 4.17. The zero-order chi connectivity index (χ0) is 14.8. The SMILES string of the molecule is O=C(Oc1ccccc1)c1c(CBr)coc1C(F)(F)F. The molecule has 0 aliphatic rings. The van der Waals surface area contributed by atoms with Crippen molar-refractivity contribution in [1.29, 1.82) is 0 Å². The highest BCUT2D eigenvalue weighted by Crippen LogP contribution is 2.35. The molecule has 20 heavy (non-hydrogen) atoms. The number of hydrogen-bond donors (Lipinski definition) is 0. The molecule has 0 saturated heterocycles. The number of carbonyl (C=O) groups excluding carboxylic acids is 1. The quantitative estimate of drug-likeness (QED) is 0.468. The van der Waals surface area contributed by atoms with Gasteiger partial charge in [0, 0.05) is 10.9 Å². The van der Waals surface area contributed by atoms with Gasteiger partial charge in [-0.25, -0.2) is 4.79 Å². The number of ether oxygens (including phenoxy) is 1. The van der Waals surface area contributed by atoms with Gasteiger partial charge in [-0.3, -0.25) is 0 Å². The normalized spacial score (nSPS) is 11.4. The van der Waals surface area contributed by atoms with E-state index in [0.29, 0.717) is 0 Å². The number of furan rings is 1. The van der Waals surface area contributed by atoms with E-state index in [1.165, 1.54) is 12.1 Å². The van der Waals surface area contributed by atoms with E-state index in [0.717, 1.165) is 6.26 Å². The van der Waals surface area contributed by atoms with Gasteiger partial charge in [0.05, 0.1) is 6.26 Å². The van der Waals surface area contributed by atoms with Crippen LogP contribution in [0.3, 0.4) is 0 Å². The van der Waals surface area contributed by atoms with Crippen LogP contribution in [0, 0.1) is 0 Å². The Morgan fingerprint density at radius 2 is 1.90 bits per heavy atom. The number of carbonyl (C=O) groups is 1. The fraction of sp³-hybridized carbons (Fsp3) is 0.154. The van der Waals surface area contributed by atoms with Crippen LogP contribution in [0.1, 0.15) is 21.7 Å². The van der Waals surface area contributed by atoms with Crippen molar-refractivity contribution in [1.82, 2.24) is 0 Å². The summed E-state index contributed by atoms with van der Waals surface area (Å²) in [5, 5.41) is 0.0474. The van der Waals surface area contributed by atoms with E-state index in [2.05, 4.69) is 20.3 Å². The summed E-state index contributed by atoms with van der Waals surface area (Å²) in [7, 11) is 0. The lowest BCUT2D eigenvalue weighted by atomic mass is 10.1. The van der Waals surface area contributed by atoms with Gasteiger partial charge in [-0.15, -0.1) is 0 Å². The second kappa shape index (κ2) is 5.70. The van der Waals surface area contributed by atoms with Crippen molar-refractivity contribution in [3.63, 3.8) is 0 Å². The molecular formula is C13H8BrF3O3. The minimum absolute atomic E-state index is 0.0474. The van der Waals surface area contributed by atoms with Gasteiger partial charge in [0.25, 0.3) is 0 Å². The van der Waals surface area contributed by atoms with E-state index in [-0.39, 0.29) is 16.6 Å². The van der Waals surface area contributed by atoms with Crippen molar-refractivity contribution in [2.75, 3.05) is 0 Å². The smallest absolute Gasteiger partial charge is 0.450 e. The van der Waals surface area contributed by atoms with Gasteiger partial charge < -0.3 is 9.15 Å². The van der Waals surface area contributed by atoms with Crippen LogP contribution in [0.25, 0.3) is 0 Å². The molecule has 0 atom stereocenters. The van der Waals surface area contributed by atoms with Gasteiger partial charge in [-0.1, -0.05) is 34.1 Å². The molecule has 0 saturated carbocycles. The minimum Gasteiger partial charge on any atom is -0.459 e. The van der Waals surface area contributed by atoms with E-state index in [1.807, 2.05) is 0 Å². The molecule has 0 amide bonds. The summed E-state index contributed by atoms with van der Waals surface area (Å²) in [6.07, 6.45) is -3.87. The fourth-order valence-electron chi connectivity index (χ4n) is 1.57. The van der Waals surface area contributed by atoms with Crippen molar-refractivity contribution >= 4 is 21.9 Å². The molecule has 2 rings (SSSR count). The molecule has 0 aliphatic heterocycles. The molecule has 1 heterocycles. The molecule has 3 nitrogen and oxygen atoms in total. The molecule has 0 unspecified atom stereocenters. The highest BCUT2D eigenvalue weighted by Gasteiger charge is 2.41. The zero-order valence-corrected chi connectivity index (χ0v) is 11.5. The number of hydrogen-bond acceptors (Lipinski definition) is 3. The minimum atomic E-state index is -4.76. The predicted octanol–water partition coefficient (Wildman–Crippen LogP) is 4.41. The van der Waals surface area contributed by atoms with E-state index in [9.17, 15) is 18.0 Å². The first kappa shape index (κ1) is 14.6. The summed E-state index contributed by atoms with van der Waals surface area (Å²) in [6.45, 7) is 0. The monoisotopic (exact) mass is 348 g/mol. The second-order valence-electron chi connectivity index (χ2n) is 3.80. The summed E-state index contributed by atoms with van der Waals surface area (Å²) in [4.78, 5) is 11.9. The van der Waals surface area contributed by atoms with E-state index in [4.69, 9.17) is 4.74 Å². The molecule has 0 spiro atoms. The number of para-hydroxylation sites is 1. The molecule has 0 radical (unpaired) electrons. The number of esters is 1. The predicted molar refractivity (Wildman–Crippen MR) is 67.7 cm³/mol. The Hall–Kier alpha value is -1.76. The number of benzene rings is 1. The van der Waals surface area contributed by atoms with Crippen LogP contribution in [0.4, 0.5) is 13.2 Å². The van der Waals surface area contributed by atoms with Crippen LogP contribution in [0.5, 0.6) is 5.75 Å². The fourth-order valence-corrected chi connectivity index (χ4v) is 1.98. The second-order valence-corrected chi connectivity index (χ2v) is 4.36. The Labute approximate surface area is 120 Å². The lowest BCUT2D eigenvalue weighted by Gasteiger charge is -2.08. The molecule has 7 heteroatoms. The van der Waals surface area contributed by atoms with Crippen molar-refractivity contribution in [2.45, 2.75) is 11.5 Å². The molecule has 0 fully saturated rings. The van der Waals surface area contributed by atoms with Crippen LogP contribution in [-0.2, 0) is 11.5 Å². The van der Waals surface area contributed by atoms with E-state index in [1.54, 1.807) is 18.2 Å². The highest BCUT2D eigenvalue weighted by atomic mass is 79.9. The summed E-state index contributed by atoms with van der Waals surface area (Å²) in [5.41, 5.74) is -0.531. The van der Waals surface area contributed by atoms with Gasteiger partial charge in [-0.2, -0.15) is 13.2 Å². The summed E-state index contributed by atoms with van der Waals surface area (Å²) < 4.78 is 47.7. The maximum atomic E-state index is 12.8. The van der Waals surface area contributed by atoms with Gasteiger partial charge in [0.15, 0.2) is 0 Å². The Morgan fingerprint density at radius 3 is 2.45 bits per heavy atom. The lowest BCUT2D eigenvalue weighted by molar-refractivity contribution is -0.153. The summed E-state index contributed by atoms with van der Waals surface area (Å²) in [5.74, 6) is -2.30. The molecule has 2 aromatic rings. The Balaban J connectivity index is 2.36. The maximum Gasteiger partial charge on any atom is 0.450 e. The molecule has 0 N–H and O–H groups in total. The number of rotatable bonds is 3. The largest absolute Gasteiger partial charge is 0.459 e. The Morgan fingerprint density at radius 1 is 1.25 bits per heavy atom. The van der Waals surface area contributed by atoms with Gasteiger partial charge in [0.1, 0.15) is 11.3 Å². The van der Waals surface area contributed by atoms with Gasteiger partial charge in [-0.05, 0) is 12.1 Å². The van der Waals surface area contributed by atoms with E-state index >= 15 is 0 Å². The molecule has 1 aromatic carbocycles. The standard InChI is InChI=1S/C13H8BrF3O3/c14-6-8-7-19-11(13(15,16)17)10(8)12(18)20-9-4-2-1-3-5-9/h1-5,7H,6H2. The van der Waals surface area contributed by atoms with Crippen molar-refractivity contribution in [3.05, 3.63) is 53.5 Å². The third-order valence-corrected chi connectivity index (χ3v) is 3.03. The molecule has 0 bridgehead atoms. The first-order valence-corrected chi connectivity index (χ1v) is 6.56. The summed E-state index contributed by atoms with van der Waals surface area (Å²) in [6, 6.07) is 7.85. The molecule has 1 aromatic heterocycles. The third-order valence-electron chi connectivity index (χ3n) is 2.43. The van der Waals surface area contributed by atoms with Crippen LogP contribution in [-0.4, -0.2) is 5.97 Å². The molecule has 106 valence electrons. The first-order valence-electron chi connectivity index (χ1n) is 5.44. The van der Waals surface area contributed by atoms with Crippen LogP contribution >= 0.6 is 15.9 Å². The van der Waals surface area contributed by atoms with E-state index < -0.39 is 23.5 Å². The number of alkyl halides is 4. The van der Waals surface area contributed by atoms with Gasteiger partial charge >= 0.3 is 12.1 Å². The number of halogens is 4. The highest BCUT2D eigenvalue weighted by molar-refractivity contribution is 9.08. The summed E-state index contributed by atoms with van der Waals surface area (Å²) >= 11 is 3.01. The zero-order valence-electron chi connectivity index (χ0n) is 9.91. The van der Waals surface area contributed by atoms with Crippen LogP contribution < -0.4 is 4.74 Å². The Bertz CT molecular complexity index is 605. The molecular weight excluding hydrogens is 341 g/mol. The molecule has 0 aliphatic carbocycles. The maximum absolute atomic E-state index is 12.8. The topological polar surface area (TPSA) is 39.4 Å². The van der Waals surface area contributed by atoms with Crippen LogP contribution in [0.15, 0.2) is 41.0 Å². The van der Waals surface area contributed by atoms with Crippen molar-refractivity contribution in [3.8, 4) is 5.75 Å². The van der Waals surface area contributed by atoms with Crippen molar-refractivity contribution < 1.29 is 27.1 Å². The average molecular weight is 349 g/mol. The van der Waals surface area contributed by atoms with Crippen LogP contribution in [0.2, 0.25) is 0 Å². The third kappa shape index (κ3) is 3.04.